The molecule has 4 heteroatoms. The van der Waals surface area contributed by atoms with Gasteiger partial charge in [0.2, 0.25) is 0 Å². The third-order valence-corrected chi connectivity index (χ3v) is 2.62. The standard InChI is InChI=1S/C13H14N2O2/c1-9-4-3-5-11(6-9)8-15-7-10(2)12(16)14-13(15)17/h3-7H,8H2,1-2H3,(H,14,16,17). The van der Waals surface area contributed by atoms with Gasteiger partial charge < -0.3 is 0 Å². The van der Waals surface area contributed by atoms with Crippen LogP contribution in [0.3, 0.4) is 0 Å². The molecular formula is C13H14N2O2. The molecule has 1 aromatic carbocycles. The van der Waals surface area contributed by atoms with Crippen LogP contribution in [0.2, 0.25) is 0 Å². The Morgan fingerprint density at radius 3 is 2.71 bits per heavy atom. The molecule has 0 aliphatic heterocycles. The van der Waals surface area contributed by atoms with Crippen molar-refractivity contribution in [2.45, 2.75) is 20.4 Å². The lowest BCUT2D eigenvalue weighted by Gasteiger charge is -2.06. The molecule has 0 fully saturated rings. The van der Waals surface area contributed by atoms with Crippen molar-refractivity contribution in [3.8, 4) is 0 Å². The third-order valence-electron chi connectivity index (χ3n) is 2.62. The van der Waals surface area contributed by atoms with Crippen molar-refractivity contribution in [3.05, 3.63) is 68.0 Å². The molecule has 0 unspecified atom stereocenters. The van der Waals surface area contributed by atoms with Gasteiger partial charge >= 0.3 is 5.69 Å². The van der Waals surface area contributed by atoms with E-state index in [1.807, 2.05) is 31.2 Å². The molecule has 0 amide bonds. The molecule has 2 rings (SSSR count). The van der Waals surface area contributed by atoms with Crippen molar-refractivity contribution in [1.82, 2.24) is 9.55 Å². The Labute approximate surface area is 98.6 Å². The second-order valence-corrected chi connectivity index (χ2v) is 4.19. The van der Waals surface area contributed by atoms with Crippen LogP contribution in [0.15, 0.2) is 40.1 Å². The Hall–Kier alpha value is -2.10. The Morgan fingerprint density at radius 1 is 1.24 bits per heavy atom. The molecule has 1 heterocycles. The predicted octanol–water partition coefficient (Wildman–Crippen LogP) is 1.20. The second kappa shape index (κ2) is 4.41. The summed E-state index contributed by atoms with van der Waals surface area (Å²) in [5, 5.41) is 0. The minimum absolute atomic E-state index is 0.324. The molecule has 0 bridgehead atoms. The number of aromatic nitrogens is 2. The number of hydrogen-bond donors (Lipinski definition) is 1. The van der Waals surface area contributed by atoms with E-state index in [9.17, 15) is 9.59 Å². The number of rotatable bonds is 2. The fourth-order valence-corrected chi connectivity index (χ4v) is 1.74. The molecule has 1 aromatic heterocycles. The van der Waals surface area contributed by atoms with Crippen LogP contribution in [0.1, 0.15) is 16.7 Å². The van der Waals surface area contributed by atoms with Crippen LogP contribution in [0.5, 0.6) is 0 Å². The van der Waals surface area contributed by atoms with E-state index in [2.05, 4.69) is 4.98 Å². The van der Waals surface area contributed by atoms with E-state index in [1.165, 1.54) is 4.57 Å². The molecule has 0 spiro atoms. The summed E-state index contributed by atoms with van der Waals surface area (Å²) < 4.78 is 1.51. The second-order valence-electron chi connectivity index (χ2n) is 4.19. The molecule has 2 aromatic rings. The Bertz CT molecular complexity index is 653. The number of benzene rings is 1. The maximum absolute atomic E-state index is 11.6. The van der Waals surface area contributed by atoms with Crippen molar-refractivity contribution in [1.29, 1.82) is 0 Å². The van der Waals surface area contributed by atoms with Gasteiger partial charge in [-0.3, -0.25) is 14.3 Å². The van der Waals surface area contributed by atoms with Gasteiger partial charge in [0, 0.05) is 11.8 Å². The highest BCUT2D eigenvalue weighted by Gasteiger charge is 2.01. The predicted molar refractivity (Wildman–Crippen MR) is 66.3 cm³/mol. The average molecular weight is 230 g/mol. The lowest BCUT2D eigenvalue weighted by atomic mass is 10.1. The molecule has 0 aliphatic carbocycles. The molecule has 0 saturated heterocycles. The van der Waals surface area contributed by atoms with E-state index in [-0.39, 0.29) is 11.2 Å². The zero-order chi connectivity index (χ0) is 12.4. The Balaban J connectivity index is 2.40. The zero-order valence-corrected chi connectivity index (χ0v) is 9.86. The van der Waals surface area contributed by atoms with Gasteiger partial charge in [-0.1, -0.05) is 29.8 Å². The van der Waals surface area contributed by atoms with E-state index in [4.69, 9.17) is 0 Å². The molecule has 0 aliphatic rings. The zero-order valence-electron chi connectivity index (χ0n) is 9.86. The number of hydrogen-bond acceptors (Lipinski definition) is 2. The first-order valence-corrected chi connectivity index (χ1v) is 5.42. The summed E-state index contributed by atoms with van der Waals surface area (Å²) in [4.78, 5) is 25.1. The first kappa shape index (κ1) is 11.4. The molecule has 88 valence electrons. The fraction of sp³-hybridized carbons (Fsp3) is 0.231. The highest BCUT2D eigenvalue weighted by molar-refractivity contribution is 5.22. The summed E-state index contributed by atoms with van der Waals surface area (Å²) in [6, 6.07) is 7.94. The van der Waals surface area contributed by atoms with Crippen molar-refractivity contribution >= 4 is 0 Å². The molecule has 0 radical (unpaired) electrons. The normalized spacial score (nSPS) is 10.5. The highest BCUT2D eigenvalue weighted by atomic mass is 16.2. The lowest BCUT2D eigenvalue weighted by molar-refractivity contribution is 0.713. The number of aromatic amines is 1. The number of H-pyrrole nitrogens is 1. The van der Waals surface area contributed by atoms with E-state index < -0.39 is 0 Å². The number of nitrogens with one attached hydrogen (secondary N) is 1. The van der Waals surface area contributed by atoms with Crippen LogP contribution in [0, 0.1) is 13.8 Å². The van der Waals surface area contributed by atoms with E-state index in [0.29, 0.717) is 12.1 Å². The summed E-state index contributed by atoms with van der Waals surface area (Å²) in [5.41, 5.74) is 2.03. The van der Waals surface area contributed by atoms with Crippen LogP contribution >= 0.6 is 0 Å². The van der Waals surface area contributed by atoms with E-state index in [1.54, 1.807) is 13.1 Å². The van der Waals surface area contributed by atoms with Gasteiger partial charge in [0.05, 0.1) is 6.54 Å². The van der Waals surface area contributed by atoms with Gasteiger partial charge in [-0.15, -0.1) is 0 Å². The third kappa shape index (κ3) is 2.53. The summed E-state index contributed by atoms with van der Waals surface area (Å²) in [6.07, 6.45) is 1.59. The minimum atomic E-state index is -0.373. The van der Waals surface area contributed by atoms with Gasteiger partial charge in [-0.2, -0.15) is 0 Å². The van der Waals surface area contributed by atoms with Crippen molar-refractivity contribution < 1.29 is 0 Å². The van der Waals surface area contributed by atoms with Gasteiger partial charge in [0.15, 0.2) is 0 Å². The van der Waals surface area contributed by atoms with Gasteiger partial charge in [-0.05, 0) is 19.4 Å². The minimum Gasteiger partial charge on any atom is -0.296 e. The number of aryl methyl sites for hydroxylation is 2. The van der Waals surface area contributed by atoms with Crippen LogP contribution in [0.25, 0.3) is 0 Å². The molecule has 0 atom stereocenters. The van der Waals surface area contributed by atoms with Crippen LogP contribution in [0.4, 0.5) is 0 Å². The fourth-order valence-electron chi connectivity index (χ4n) is 1.74. The van der Waals surface area contributed by atoms with Gasteiger partial charge in [0.1, 0.15) is 0 Å². The smallest absolute Gasteiger partial charge is 0.296 e. The Morgan fingerprint density at radius 2 is 2.00 bits per heavy atom. The average Bonchev–Trinajstić information content (AvgIpc) is 2.26. The largest absolute Gasteiger partial charge is 0.328 e. The maximum atomic E-state index is 11.6. The quantitative estimate of drug-likeness (QED) is 0.842. The molecular weight excluding hydrogens is 216 g/mol. The molecule has 17 heavy (non-hydrogen) atoms. The number of nitrogens with zero attached hydrogens (tertiary/aromatic N) is 1. The first-order chi connectivity index (χ1) is 8.06. The van der Waals surface area contributed by atoms with Crippen LogP contribution in [-0.2, 0) is 6.54 Å². The molecule has 0 saturated carbocycles. The first-order valence-electron chi connectivity index (χ1n) is 5.42. The Kier molecular flexibility index (Phi) is 2.95. The maximum Gasteiger partial charge on any atom is 0.328 e. The SMILES string of the molecule is Cc1cccc(Cn2cc(C)c(=O)[nH]c2=O)c1. The van der Waals surface area contributed by atoms with Gasteiger partial charge in [-0.25, -0.2) is 4.79 Å². The molecule has 4 nitrogen and oxygen atoms in total. The van der Waals surface area contributed by atoms with Crippen LogP contribution < -0.4 is 11.2 Å². The van der Waals surface area contributed by atoms with Gasteiger partial charge in [0.25, 0.3) is 5.56 Å². The van der Waals surface area contributed by atoms with E-state index >= 15 is 0 Å². The highest BCUT2D eigenvalue weighted by Crippen LogP contribution is 2.04. The lowest BCUT2D eigenvalue weighted by Crippen LogP contribution is -2.31. The van der Waals surface area contributed by atoms with E-state index in [0.717, 1.165) is 11.1 Å². The molecule has 1 N–H and O–H groups in total. The van der Waals surface area contributed by atoms with Crippen molar-refractivity contribution in [2.75, 3.05) is 0 Å². The van der Waals surface area contributed by atoms with Crippen LogP contribution in [-0.4, -0.2) is 9.55 Å². The summed E-state index contributed by atoms with van der Waals surface area (Å²) >= 11 is 0. The summed E-state index contributed by atoms with van der Waals surface area (Å²) in [5.74, 6) is 0. The van der Waals surface area contributed by atoms with Crippen molar-refractivity contribution in [2.24, 2.45) is 0 Å². The summed E-state index contributed by atoms with van der Waals surface area (Å²) in [6.45, 7) is 4.16. The van der Waals surface area contributed by atoms with Crippen molar-refractivity contribution in [3.63, 3.8) is 0 Å². The monoisotopic (exact) mass is 230 g/mol. The topological polar surface area (TPSA) is 54.9 Å². The summed E-state index contributed by atoms with van der Waals surface area (Å²) in [7, 11) is 0.